The van der Waals surface area contributed by atoms with Crippen molar-refractivity contribution in [2.45, 2.75) is 31.9 Å². The number of phenols is 1. The molecule has 0 saturated carbocycles. The SMILES string of the molecule is CNC1CCCc2c(OCc3cccc(O)c3)cccc21. The van der Waals surface area contributed by atoms with Crippen molar-refractivity contribution in [1.82, 2.24) is 5.32 Å². The molecule has 21 heavy (non-hydrogen) atoms. The molecule has 0 aliphatic heterocycles. The van der Waals surface area contributed by atoms with Gasteiger partial charge in [-0.15, -0.1) is 0 Å². The van der Waals surface area contributed by atoms with Crippen LogP contribution in [-0.2, 0) is 13.0 Å². The summed E-state index contributed by atoms with van der Waals surface area (Å²) >= 11 is 0. The minimum atomic E-state index is 0.279. The Morgan fingerprint density at radius 1 is 1.24 bits per heavy atom. The summed E-state index contributed by atoms with van der Waals surface area (Å²) in [5.74, 6) is 1.25. The fraction of sp³-hybridized carbons (Fsp3) is 0.333. The Bertz CT molecular complexity index is 624. The average molecular weight is 283 g/mol. The van der Waals surface area contributed by atoms with Crippen molar-refractivity contribution in [3.05, 3.63) is 59.2 Å². The number of fused-ring (bicyclic) bond motifs is 1. The summed E-state index contributed by atoms with van der Waals surface area (Å²) < 4.78 is 6.00. The summed E-state index contributed by atoms with van der Waals surface area (Å²) in [4.78, 5) is 0. The molecule has 0 heterocycles. The molecule has 3 nitrogen and oxygen atoms in total. The average Bonchev–Trinajstić information content (AvgIpc) is 2.52. The topological polar surface area (TPSA) is 41.5 Å². The molecule has 2 aromatic rings. The highest BCUT2D eigenvalue weighted by molar-refractivity contribution is 5.43. The van der Waals surface area contributed by atoms with E-state index in [0.29, 0.717) is 12.6 Å². The summed E-state index contributed by atoms with van der Waals surface area (Å²) in [5.41, 5.74) is 3.66. The second-order valence-electron chi connectivity index (χ2n) is 5.52. The van der Waals surface area contributed by atoms with Gasteiger partial charge in [0.05, 0.1) is 0 Å². The summed E-state index contributed by atoms with van der Waals surface area (Å²) in [7, 11) is 2.01. The second-order valence-corrected chi connectivity index (χ2v) is 5.52. The number of phenolic OH excluding ortho intramolecular Hbond substituents is 1. The smallest absolute Gasteiger partial charge is 0.123 e. The molecule has 0 bridgehead atoms. The van der Waals surface area contributed by atoms with Gasteiger partial charge in [-0.25, -0.2) is 0 Å². The third-order valence-corrected chi connectivity index (χ3v) is 4.12. The third kappa shape index (κ3) is 3.03. The van der Waals surface area contributed by atoms with E-state index in [1.54, 1.807) is 12.1 Å². The fourth-order valence-corrected chi connectivity index (χ4v) is 3.06. The van der Waals surface area contributed by atoms with Crippen LogP contribution in [0.1, 0.15) is 35.6 Å². The molecule has 3 rings (SSSR count). The lowest BCUT2D eigenvalue weighted by atomic mass is 9.87. The van der Waals surface area contributed by atoms with E-state index >= 15 is 0 Å². The van der Waals surface area contributed by atoms with Gasteiger partial charge in [-0.2, -0.15) is 0 Å². The monoisotopic (exact) mass is 283 g/mol. The molecular formula is C18H21NO2. The van der Waals surface area contributed by atoms with Gasteiger partial charge in [0.2, 0.25) is 0 Å². The first-order chi connectivity index (χ1) is 10.3. The van der Waals surface area contributed by atoms with E-state index in [4.69, 9.17) is 4.74 Å². The van der Waals surface area contributed by atoms with Gasteiger partial charge < -0.3 is 15.2 Å². The summed E-state index contributed by atoms with van der Waals surface area (Å²) in [6.07, 6.45) is 3.44. The van der Waals surface area contributed by atoms with Gasteiger partial charge in [0.25, 0.3) is 0 Å². The van der Waals surface area contributed by atoms with Crippen LogP contribution < -0.4 is 10.1 Å². The van der Waals surface area contributed by atoms with E-state index in [9.17, 15) is 5.11 Å². The quantitative estimate of drug-likeness (QED) is 0.901. The number of ether oxygens (including phenoxy) is 1. The number of aromatic hydroxyl groups is 1. The normalized spacial score (nSPS) is 17.3. The lowest BCUT2D eigenvalue weighted by Crippen LogP contribution is -2.22. The van der Waals surface area contributed by atoms with E-state index < -0.39 is 0 Å². The lowest BCUT2D eigenvalue weighted by molar-refractivity contribution is 0.299. The molecule has 3 heteroatoms. The predicted molar refractivity (Wildman–Crippen MR) is 83.6 cm³/mol. The molecule has 0 amide bonds. The summed E-state index contributed by atoms with van der Waals surface area (Å²) in [5, 5.41) is 12.9. The molecular weight excluding hydrogens is 262 g/mol. The van der Waals surface area contributed by atoms with Crippen molar-refractivity contribution >= 4 is 0 Å². The Balaban J connectivity index is 1.80. The van der Waals surface area contributed by atoms with Gasteiger partial charge in [-0.1, -0.05) is 24.3 Å². The van der Waals surface area contributed by atoms with Gasteiger partial charge in [-0.3, -0.25) is 0 Å². The summed E-state index contributed by atoms with van der Waals surface area (Å²) in [6, 6.07) is 13.9. The summed E-state index contributed by atoms with van der Waals surface area (Å²) in [6.45, 7) is 0.481. The maximum Gasteiger partial charge on any atom is 0.123 e. The molecule has 1 aliphatic carbocycles. The number of hydrogen-bond acceptors (Lipinski definition) is 3. The van der Waals surface area contributed by atoms with Gasteiger partial charge in [0.15, 0.2) is 0 Å². The zero-order valence-electron chi connectivity index (χ0n) is 12.3. The minimum absolute atomic E-state index is 0.279. The molecule has 110 valence electrons. The number of nitrogens with one attached hydrogen (secondary N) is 1. The van der Waals surface area contributed by atoms with Gasteiger partial charge >= 0.3 is 0 Å². The standard InChI is InChI=1S/C18H21NO2/c1-19-17-9-3-8-16-15(17)7-4-10-18(16)21-12-13-5-2-6-14(20)11-13/h2,4-7,10-11,17,19-20H,3,8-9,12H2,1H3. The Morgan fingerprint density at radius 2 is 2.10 bits per heavy atom. The van der Waals surface area contributed by atoms with Crippen LogP contribution in [0.25, 0.3) is 0 Å². The highest BCUT2D eigenvalue weighted by Crippen LogP contribution is 2.35. The van der Waals surface area contributed by atoms with Crippen molar-refractivity contribution in [2.75, 3.05) is 7.05 Å². The van der Waals surface area contributed by atoms with E-state index in [1.807, 2.05) is 25.2 Å². The minimum Gasteiger partial charge on any atom is -0.508 e. The van der Waals surface area contributed by atoms with Gasteiger partial charge in [0, 0.05) is 6.04 Å². The molecule has 0 saturated heterocycles. The molecule has 0 aromatic heterocycles. The van der Waals surface area contributed by atoms with Gasteiger partial charge in [0.1, 0.15) is 18.1 Å². The largest absolute Gasteiger partial charge is 0.508 e. The Kier molecular flexibility index (Phi) is 4.11. The first-order valence-electron chi connectivity index (χ1n) is 7.47. The number of hydrogen-bond donors (Lipinski definition) is 2. The zero-order valence-corrected chi connectivity index (χ0v) is 12.3. The molecule has 2 N–H and O–H groups in total. The van der Waals surface area contributed by atoms with Crippen LogP contribution in [0.5, 0.6) is 11.5 Å². The molecule has 1 unspecified atom stereocenters. The molecule has 0 spiro atoms. The Hall–Kier alpha value is -2.00. The van der Waals surface area contributed by atoms with Crippen LogP contribution in [0.2, 0.25) is 0 Å². The van der Waals surface area contributed by atoms with Crippen LogP contribution in [0.15, 0.2) is 42.5 Å². The van der Waals surface area contributed by atoms with Crippen LogP contribution in [0.3, 0.4) is 0 Å². The second kappa shape index (κ2) is 6.19. The van der Waals surface area contributed by atoms with E-state index in [-0.39, 0.29) is 5.75 Å². The Morgan fingerprint density at radius 3 is 2.90 bits per heavy atom. The van der Waals surface area contributed by atoms with Crippen LogP contribution in [0, 0.1) is 0 Å². The zero-order chi connectivity index (χ0) is 14.7. The molecule has 0 fully saturated rings. The molecule has 2 aromatic carbocycles. The Labute approximate surface area is 125 Å². The van der Waals surface area contributed by atoms with Gasteiger partial charge in [-0.05, 0) is 61.2 Å². The molecule has 1 aliphatic rings. The van der Waals surface area contributed by atoms with Crippen molar-refractivity contribution < 1.29 is 9.84 Å². The fourth-order valence-electron chi connectivity index (χ4n) is 3.06. The highest BCUT2D eigenvalue weighted by atomic mass is 16.5. The van der Waals surface area contributed by atoms with Crippen LogP contribution >= 0.6 is 0 Å². The predicted octanol–water partition coefficient (Wildman–Crippen LogP) is 3.57. The third-order valence-electron chi connectivity index (χ3n) is 4.12. The van der Waals surface area contributed by atoms with Crippen molar-refractivity contribution in [3.63, 3.8) is 0 Å². The lowest BCUT2D eigenvalue weighted by Gasteiger charge is -2.26. The molecule has 1 atom stereocenters. The van der Waals surface area contributed by atoms with Crippen molar-refractivity contribution in [3.8, 4) is 11.5 Å². The van der Waals surface area contributed by atoms with E-state index in [0.717, 1.165) is 17.7 Å². The number of benzene rings is 2. The van der Waals surface area contributed by atoms with E-state index in [2.05, 4.69) is 17.4 Å². The maximum absolute atomic E-state index is 9.51. The molecule has 0 radical (unpaired) electrons. The van der Waals surface area contributed by atoms with E-state index in [1.165, 1.54) is 24.0 Å². The highest BCUT2D eigenvalue weighted by Gasteiger charge is 2.21. The van der Waals surface area contributed by atoms with Crippen LogP contribution in [0.4, 0.5) is 0 Å². The first kappa shape index (κ1) is 14.0. The van der Waals surface area contributed by atoms with Crippen LogP contribution in [-0.4, -0.2) is 12.2 Å². The van der Waals surface area contributed by atoms with Crippen molar-refractivity contribution in [1.29, 1.82) is 0 Å². The first-order valence-corrected chi connectivity index (χ1v) is 7.47. The maximum atomic E-state index is 9.51. The number of rotatable bonds is 4. The van der Waals surface area contributed by atoms with Crippen molar-refractivity contribution in [2.24, 2.45) is 0 Å².